The summed E-state index contributed by atoms with van der Waals surface area (Å²) in [7, 11) is -4.47. The van der Waals surface area contributed by atoms with Gasteiger partial charge in [-0.25, -0.2) is 24.3 Å². The Morgan fingerprint density at radius 1 is 1.26 bits per heavy atom. The Morgan fingerprint density at radius 3 is 2.85 bits per heavy atom. The van der Waals surface area contributed by atoms with Gasteiger partial charge in [0.1, 0.15) is 18.1 Å². The SMILES string of the molecule is Cc1cn([C@H]2C[C@H](N=[N+]=[N-])[C@@H](COP(=O)(O)OCC3CCC(n4cnc5c(N)ncnc54)C3)O2)c(=O)[nH]c1=O. The van der Waals surface area contributed by atoms with E-state index in [1.54, 1.807) is 6.33 Å². The topological polar surface area (TPSA) is 238 Å². The molecule has 208 valence electrons. The number of phosphoric ester groups is 1. The third-order valence-corrected chi connectivity index (χ3v) is 7.98. The molecular formula is C21H27N10O7P. The minimum Gasteiger partial charge on any atom is -0.382 e. The number of aromatic nitrogens is 6. The lowest BCUT2D eigenvalue weighted by Gasteiger charge is -2.20. The van der Waals surface area contributed by atoms with Gasteiger partial charge in [0, 0.05) is 29.1 Å². The van der Waals surface area contributed by atoms with Gasteiger partial charge in [0.05, 0.1) is 31.7 Å². The molecule has 2 fully saturated rings. The van der Waals surface area contributed by atoms with Crippen LogP contribution in [-0.4, -0.2) is 59.3 Å². The summed E-state index contributed by atoms with van der Waals surface area (Å²) < 4.78 is 31.9. The molecule has 18 heteroatoms. The van der Waals surface area contributed by atoms with Crippen LogP contribution in [0.15, 0.2) is 33.6 Å². The van der Waals surface area contributed by atoms with E-state index in [9.17, 15) is 19.0 Å². The summed E-state index contributed by atoms with van der Waals surface area (Å²) in [5.41, 5.74) is 15.0. The van der Waals surface area contributed by atoms with Crippen LogP contribution in [0.2, 0.25) is 0 Å². The van der Waals surface area contributed by atoms with Crippen molar-refractivity contribution in [1.29, 1.82) is 0 Å². The molecule has 1 aliphatic carbocycles. The zero-order valence-corrected chi connectivity index (χ0v) is 21.8. The van der Waals surface area contributed by atoms with Crippen molar-refractivity contribution >= 4 is 24.8 Å². The molecule has 0 aromatic carbocycles. The average molecular weight is 562 g/mol. The lowest BCUT2D eigenvalue weighted by molar-refractivity contribution is -0.0288. The van der Waals surface area contributed by atoms with Crippen molar-refractivity contribution in [2.75, 3.05) is 18.9 Å². The molecule has 0 bridgehead atoms. The van der Waals surface area contributed by atoms with Gasteiger partial charge in [-0.3, -0.25) is 23.4 Å². The second-order valence-electron chi connectivity index (χ2n) is 9.59. The van der Waals surface area contributed by atoms with Gasteiger partial charge >= 0.3 is 13.5 Å². The van der Waals surface area contributed by atoms with Gasteiger partial charge in [0.25, 0.3) is 5.56 Å². The second kappa shape index (κ2) is 10.9. The molecule has 2 aliphatic rings. The maximum atomic E-state index is 12.6. The zero-order valence-electron chi connectivity index (χ0n) is 20.9. The third kappa shape index (κ3) is 5.73. The lowest BCUT2D eigenvalue weighted by Crippen LogP contribution is -2.33. The van der Waals surface area contributed by atoms with Crippen LogP contribution in [-0.2, 0) is 18.3 Å². The van der Waals surface area contributed by atoms with Gasteiger partial charge < -0.3 is 19.9 Å². The van der Waals surface area contributed by atoms with Gasteiger partial charge in [-0.2, -0.15) is 0 Å². The number of nitrogen functional groups attached to an aromatic ring is 1. The molecule has 5 rings (SSSR count). The third-order valence-electron chi connectivity index (χ3n) is 7.03. The number of imidazole rings is 1. The Bertz CT molecular complexity index is 1580. The molecular weight excluding hydrogens is 535 g/mol. The van der Waals surface area contributed by atoms with Gasteiger partial charge in [0.2, 0.25) is 0 Å². The number of aromatic amines is 1. The lowest BCUT2D eigenvalue weighted by atomic mass is 10.1. The summed E-state index contributed by atoms with van der Waals surface area (Å²) in [6, 6.07) is -0.706. The predicted octanol–water partition coefficient (Wildman–Crippen LogP) is 1.71. The van der Waals surface area contributed by atoms with E-state index in [0.717, 1.165) is 12.8 Å². The van der Waals surface area contributed by atoms with Crippen molar-refractivity contribution in [3.8, 4) is 0 Å². The fraction of sp³-hybridized carbons (Fsp3) is 0.571. The smallest absolute Gasteiger partial charge is 0.382 e. The normalized spacial score (nSPS) is 26.5. The Kier molecular flexibility index (Phi) is 7.53. The van der Waals surface area contributed by atoms with Crippen LogP contribution < -0.4 is 17.0 Å². The first-order valence-corrected chi connectivity index (χ1v) is 13.7. The number of hydrogen-bond acceptors (Lipinski definition) is 11. The number of phosphoric acid groups is 1. The Balaban J connectivity index is 1.16. The van der Waals surface area contributed by atoms with E-state index in [1.807, 2.05) is 4.57 Å². The maximum Gasteiger partial charge on any atom is 0.472 e. The first-order valence-electron chi connectivity index (χ1n) is 12.2. The molecule has 1 saturated carbocycles. The quantitative estimate of drug-likeness (QED) is 0.147. The van der Waals surface area contributed by atoms with Crippen molar-refractivity contribution < 1.29 is 23.2 Å². The molecule has 3 unspecified atom stereocenters. The van der Waals surface area contributed by atoms with Crippen LogP contribution in [0.4, 0.5) is 5.82 Å². The van der Waals surface area contributed by atoms with E-state index in [1.165, 1.54) is 24.0 Å². The van der Waals surface area contributed by atoms with Crippen molar-refractivity contribution in [2.45, 2.75) is 57.0 Å². The number of nitrogens with one attached hydrogen (secondary N) is 1. The molecule has 1 saturated heterocycles. The van der Waals surface area contributed by atoms with E-state index in [-0.39, 0.29) is 25.0 Å². The van der Waals surface area contributed by atoms with E-state index < -0.39 is 44.1 Å². The molecule has 0 radical (unpaired) electrons. The molecule has 39 heavy (non-hydrogen) atoms. The number of rotatable bonds is 9. The monoisotopic (exact) mass is 562 g/mol. The van der Waals surface area contributed by atoms with E-state index >= 15 is 0 Å². The summed E-state index contributed by atoms with van der Waals surface area (Å²) >= 11 is 0. The van der Waals surface area contributed by atoms with Gasteiger partial charge in [-0.05, 0) is 37.6 Å². The number of nitrogens with zero attached hydrogens (tertiary/aromatic N) is 8. The summed E-state index contributed by atoms with van der Waals surface area (Å²) in [4.78, 5) is 51.7. The number of azide groups is 1. The molecule has 6 atom stereocenters. The summed E-state index contributed by atoms with van der Waals surface area (Å²) in [6.07, 6.45) is 4.93. The number of ether oxygens (including phenoxy) is 1. The van der Waals surface area contributed by atoms with Crippen molar-refractivity contribution in [3.05, 3.63) is 55.7 Å². The van der Waals surface area contributed by atoms with Crippen LogP contribution in [0.3, 0.4) is 0 Å². The Morgan fingerprint density at radius 2 is 2.05 bits per heavy atom. The average Bonchev–Trinajstić information content (AvgIpc) is 3.63. The highest BCUT2D eigenvalue weighted by Gasteiger charge is 2.39. The molecule has 0 spiro atoms. The van der Waals surface area contributed by atoms with Crippen LogP contribution >= 0.6 is 7.82 Å². The highest BCUT2D eigenvalue weighted by molar-refractivity contribution is 7.47. The van der Waals surface area contributed by atoms with E-state index in [4.69, 9.17) is 25.0 Å². The van der Waals surface area contributed by atoms with Gasteiger partial charge in [-0.15, -0.1) is 0 Å². The van der Waals surface area contributed by atoms with Crippen LogP contribution in [0, 0.1) is 12.8 Å². The number of aryl methyl sites for hydroxylation is 1. The Hall–Kier alpha value is -3.59. The molecule has 4 N–H and O–H groups in total. The number of fused-ring (bicyclic) bond motifs is 1. The molecule has 17 nitrogen and oxygen atoms in total. The largest absolute Gasteiger partial charge is 0.472 e. The molecule has 1 aliphatic heterocycles. The minimum absolute atomic E-state index is 0.00545. The molecule has 3 aromatic rings. The van der Waals surface area contributed by atoms with E-state index in [0.29, 0.717) is 29.0 Å². The highest BCUT2D eigenvalue weighted by atomic mass is 31.2. The standard InChI is InChI=1S/C21H27N10O7P/c1-11-6-30(21(33)27-20(11)32)16-5-14(28-29-23)15(38-16)8-37-39(34,35)36-7-12-2-3-13(4-12)31-10-26-17-18(22)24-9-25-19(17)31/h6,9-10,12-16H,2-5,7-8H2,1H3,(H,34,35)(H2,22,24,25)(H,27,32,33)/t12?,13?,14-,15+,16+/m0/s1. The number of anilines is 1. The first-order chi connectivity index (χ1) is 18.6. The molecule has 3 aromatic heterocycles. The van der Waals surface area contributed by atoms with Crippen LogP contribution in [0.1, 0.15) is 43.5 Å². The molecule has 4 heterocycles. The fourth-order valence-corrected chi connectivity index (χ4v) is 5.83. The highest BCUT2D eigenvalue weighted by Crippen LogP contribution is 2.47. The van der Waals surface area contributed by atoms with Crippen molar-refractivity contribution in [3.63, 3.8) is 0 Å². The number of H-pyrrole nitrogens is 1. The summed E-state index contributed by atoms with van der Waals surface area (Å²) in [5, 5.41) is 3.67. The second-order valence-corrected chi connectivity index (χ2v) is 11.0. The Labute approximate surface area is 220 Å². The van der Waals surface area contributed by atoms with Crippen LogP contribution in [0.5, 0.6) is 0 Å². The first kappa shape index (κ1) is 27.0. The fourth-order valence-electron chi connectivity index (χ4n) is 5.02. The molecule has 0 amide bonds. The van der Waals surface area contributed by atoms with E-state index in [2.05, 4.69) is 30.0 Å². The minimum atomic E-state index is -4.47. The van der Waals surface area contributed by atoms with Crippen molar-refractivity contribution in [1.82, 2.24) is 29.1 Å². The van der Waals surface area contributed by atoms with Gasteiger partial charge in [-0.1, -0.05) is 5.11 Å². The predicted molar refractivity (Wildman–Crippen MR) is 135 cm³/mol. The summed E-state index contributed by atoms with van der Waals surface area (Å²) in [6.45, 7) is 1.11. The number of nitrogens with two attached hydrogens (primary N) is 1. The van der Waals surface area contributed by atoms with Crippen molar-refractivity contribution in [2.24, 2.45) is 11.0 Å². The summed E-state index contributed by atoms with van der Waals surface area (Å²) in [5.74, 6) is 0.297. The zero-order chi connectivity index (χ0) is 27.7. The maximum absolute atomic E-state index is 12.6. The number of hydrogen-bond donors (Lipinski definition) is 3. The van der Waals surface area contributed by atoms with Crippen LogP contribution in [0.25, 0.3) is 21.6 Å². The van der Waals surface area contributed by atoms with Gasteiger partial charge in [0.15, 0.2) is 11.5 Å².